The molecular formula is C65H46N2. The minimum absolute atomic E-state index is 0.158. The van der Waals surface area contributed by atoms with Gasteiger partial charge < -0.3 is 4.90 Å². The highest BCUT2D eigenvalue weighted by atomic mass is 15.1. The summed E-state index contributed by atoms with van der Waals surface area (Å²) in [6, 6.07) is 73.0. The van der Waals surface area contributed by atoms with Gasteiger partial charge in [0.1, 0.15) is 5.41 Å². The Morgan fingerprint density at radius 3 is 1.33 bits per heavy atom. The first kappa shape index (κ1) is 38.3. The van der Waals surface area contributed by atoms with E-state index in [9.17, 15) is 5.26 Å². The van der Waals surface area contributed by atoms with Crippen molar-refractivity contribution >= 4 is 60.2 Å². The fraction of sp³-hybridized carbons (Fsp3) is 0.123. The Labute approximate surface area is 391 Å². The van der Waals surface area contributed by atoms with Crippen molar-refractivity contribution in [3.8, 4) is 50.6 Å². The number of benzene rings is 11. The maximum atomic E-state index is 11.4. The van der Waals surface area contributed by atoms with Crippen molar-refractivity contribution in [3.05, 3.63) is 221 Å². The highest BCUT2D eigenvalue weighted by Gasteiger charge is 2.42. The lowest BCUT2D eigenvalue weighted by atomic mass is 9.80. The van der Waals surface area contributed by atoms with Crippen molar-refractivity contribution in [2.24, 2.45) is 0 Å². The summed E-state index contributed by atoms with van der Waals surface area (Å²) < 4.78 is 0. The SMILES string of the molecule is CC1(C)c2ccccc2-c2ccc(N(c3ccc4c(c3)C(C)(C)c3ccccc3-4)c3ccc4c(c3)C(C)(C#N)c3cc(-c5ccc6c7cccc8cccc(c9cccc5c96)c87)ccc3-4)cc21. The van der Waals surface area contributed by atoms with Gasteiger partial charge >= 0.3 is 0 Å². The number of nitrogens with zero attached hydrogens (tertiary/aromatic N) is 2. The molecular weight excluding hydrogens is 809 g/mol. The molecule has 3 aliphatic rings. The second-order valence-electron chi connectivity index (χ2n) is 20.5. The molecule has 1 unspecified atom stereocenters. The maximum absolute atomic E-state index is 11.4. The van der Waals surface area contributed by atoms with Gasteiger partial charge in [-0.05, 0) is 170 Å². The fourth-order valence-electron chi connectivity index (χ4n) is 13.0. The minimum Gasteiger partial charge on any atom is -0.310 e. The van der Waals surface area contributed by atoms with E-state index in [1.807, 2.05) is 0 Å². The average molecular weight is 855 g/mol. The van der Waals surface area contributed by atoms with Crippen LogP contribution in [0, 0.1) is 11.3 Å². The summed E-state index contributed by atoms with van der Waals surface area (Å²) in [4.78, 5) is 2.43. The molecule has 0 bridgehead atoms. The van der Waals surface area contributed by atoms with Crippen LogP contribution in [0.1, 0.15) is 68.0 Å². The zero-order valence-corrected chi connectivity index (χ0v) is 38.3. The van der Waals surface area contributed by atoms with Gasteiger partial charge in [-0.25, -0.2) is 0 Å². The standard InChI is InChI=1S/C65H46N2/c1-63(2)55-21-8-6-15-44(55)46-28-24-40(34-57(46)63)67(41-25-29-47-45-16-7-9-22-56(45)64(3,4)58(47)35-41)42-26-30-49-48-27-23-39(33-59(48)65(5,37-66)60(49)36-42)43-31-32-54-52-18-11-14-38-13-10-17-51(61(38)52)53-20-12-19-50(43)62(53)54/h6-36H,1-5H3. The van der Waals surface area contributed by atoms with Crippen molar-refractivity contribution < 1.29 is 0 Å². The molecule has 0 aliphatic heterocycles. The van der Waals surface area contributed by atoms with Crippen LogP contribution >= 0.6 is 0 Å². The van der Waals surface area contributed by atoms with Gasteiger partial charge in [-0.15, -0.1) is 0 Å². The van der Waals surface area contributed by atoms with Gasteiger partial charge in [-0.1, -0.05) is 173 Å². The second-order valence-corrected chi connectivity index (χ2v) is 20.5. The molecule has 3 aliphatic carbocycles. The topological polar surface area (TPSA) is 27.0 Å². The van der Waals surface area contributed by atoms with Gasteiger partial charge in [-0.2, -0.15) is 5.26 Å². The molecule has 0 N–H and O–H groups in total. The highest BCUT2D eigenvalue weighted by molar-refractivity contribution is 6.34. The van der Waals surface area contributed by atoms with Crippen molar-refractivity contribution in [2.45, 2.75) is 50.9 Å². The van der Waals surface area contributed by atoms with Crippen LogP contribution in [-0.2, 0) is 16.2 Å². The molecule has 316 valence electrons. The van der Waals surface area contributed by atoms with E-state index in [2.05, 4.69) is 234 Å². The van der Waals surface area contributed by atoms with Crippen LogP contribution in [0.2, 0.25) is 0 Å². The zero-order valence-electron chi connectivity index (χ0n) is 38.3. The number of hydrogen-bond donors (Lipinski definition) is 0. The third-order valence-corrected chi connectivity index (χ3v) is 16.4. The molecule has 0 heterocycles. The van der Waals surface area contributed by atoms with Crippen LogP contribution in [-0.4, -0.2) is 0 Å². The lowest BCUT2D eigenvalue weighted by molar-refractivity contribution is 0.660. The number of rotatable bonds is 4. The molecule has 11 aromatic carbocycles. The van der Waals surface area contributed by atoms with Crippen LogP contribution in [0.15, 0.2) is 188 Å². The molecule has 2 nitrogen and oxygen atoms in total. The summed E-state index contributed by atoms with van der Waals surface area (Å²) >= 11 is 0. The molecule has 0 spiro atoms. The first-order valence-corrected chi connectivity index (χ1v) is 23.6. The quantitative estimate of drug-likeness (QED) is 0.130. The number of fused-ring (bicyclic) bond motifs is 11. The fourth-order valence-corrected chi connectivity index (χ4v) is 13.0. The van der Waals surface area contributed by atoms with E-state index >= 15 is 0 Å². The number of hydrogen-bond acceptors (Lipinski definition) is 2. The second kappa shape index (κ2) is 13.1. The van der Waals surface area contributed by atoms with E-state index in [4.69, 9.17) is 0 Å². The number of anilines is 3. The third-order valence-electron chi connectivity index (χ3n) is 16.4. The maximum Gasteiger partial charge on any atom is 0.106 e. The van der Waals surface area contributed by atoms with Gasteiger partial charge in [-0.3, -0.25) is 0 Å². The van der Waals surface area contributed by atoms with Crippen molar-refractivity contribution in [1.29, 1.82) is 5.26 Å². The Balaban J connectivity index is 0.929. The van der Waals surface area contributed by atoms with E-state index in [1.54, 1.807) is 0 Å². The predicted octanol–water partition coefficient (Wildman–Crippen LogP) is 17.3. The predicted molar refractivity (Wildman–Crippen MR) is 280 cm³/mol. The highest BCUT2D eigenvalue weighted by Crippen LogP contribution is 2.56. The van der Waals surface area contributed by atoms with E-state index in [-0.39, 0.29) is 10.8 Å². The Bertz CT molecular complexity index is 3870. The molecule has 11 aromatic rings. The lowest BCUT2D eigenvalue weighted by Crippen LogP contribution is -2.20. The van der Waals surface area contributed by atoms with Crippen molar-refractivity contribution in [3.63, 3.8) is 0 Å². The zero-order chi connectivity index (χ0) is 45.1. The summed E-state index contributed by atoms with van der Waals surface area (Å²) in [6.45, 7) is 11.5. The van der Waals surface area contributed by atoms with E-state index < -0.39 is 5.41 Å². The van der Waals surface area contributed by atoms with E-state index in [0.717, 1.165) is 44.9 Å². The smallest absolute Gasteiger partial charge is 0.106 e. The summed E-state index contributed by atoms with van der Waals surface area (Å²) in [6.07, 6.45) is 0. The first-order chi connectivity index (χ1) is 32.6. The van der Waals surface area contributed by atoms with E-state index in [1.165, 1.54) is 93.2 Å². The lowest BCUT2D eigenvalue weighted by Gasteiger charge is -2.30. The molecule has 0 fully saturated rings. The number of nitriles is 1. The molecule has 0 amide bonds. The summed E-state index contributed by atoms with van der Waals surface area (Å²) in [5.41, 5.74) is 19.3. The van der Waals surface area contributed by atoms with Crippen LogP contribution < -0.4 is 4.90 Å². The summed E-state index contributed by atoms with van der Waals surface area (Å²) in [7, 11) is 0. The Hall–Kier alpha value is -7.99. The molecule has 0 saturated heterocycles. The molecule has 1 atom stereocenters. The van der Waals surface area contributed by atoms with Gasteiger partial charge in [0.05, 0.1) is 6.07 Å². The van der Waals surface area contributed by atoms with Crippen molar-refractivity contribution in [2.75, 3.05) is 4.90 Å². The Morgan fingerprint density at radius 2 is 0.761 bits per heavy atom. The van der Waals surface area contributed by atoms with E-state index in [0.29, 0.717) is 0 Å². The molecule has 67 heavy (non-hydrogen) atoms. The molecule has 14 rings (SSSR count). The van der Waals surface area contributed by atoms with Gasteiger partial charge in [0.15, 0.2) is 0 Å². The first-order valence-electron chi connectivity index (χ1n) is 23.6. The molecule has 0 aromatic heterocycles. The van der Waals surface area contributed by atoms with Gasteiger partial charge in [0, 0.05) is 27.9 Å². The molecule has 2 heteroatoms. The van der Waals surface area contributed by atoms with Gasteiger partial charge in [0.25, 0.3) is 0 Å². The normalized spacial score (nSPS) is 16.7. The Kier molecular flexibility index (Phi) is 7.48. The van der Waals surface area contributed by atoms with Gasteiger partial charge in [0.2, 0.25) is 0 Å². The Morgan fingerprint density at radius 1 is 0.343 bits per heavy atom. The summed E-state index contributed by atoms with van der Waals surface area (Å²) in [5.74, 6) is 0. The molecule has 0 radical (unpaired) electrons. The van der Waals surface area contributed by atoms with Crippen LogP contribution in [0.25, 0.3) is 87.6 Å². The van der Waals surface area contributed by atoms with Crippen LogP contribution in [0.5, 0.6) is 0 Å². The average Bonchev–Trinajstić information content (AvgIpc) is 3.85. The monoisotopic (exact) mass is 854 g/mol. The van der Waals surface area contributed by atoms with Crippen molar-refractivity contribution in [1.82, 2.24) is 0 Å². The van der Waals surface area contributed by atoms with Crippen LogP contribution in [0.3, 0.4) is 0 Å². The largest absolute Gasteiger partial charge is 0.310 e. The molecule has 0 saturated carbocycles. The third kappa shape index (κ3) is 4.94. The minimum atomic E-state index is -0.883. The van der Waals surface area contributed by atoms with Crippen LogP contribution in [0.4, 0.5) is 17.1 Å². The summed E-state index contributed by atoms with van der Waals surface area (Å²) in [5, 5.41) is 21.7.